The summed E-state index contributed by atoms with van der Waals surface area (Å²) >= 11 is 0. The monoisotopic (exact) mass is 240 g/mol. The van der Waals surface area contributed by atoms with E-state index in [0.717, 1.165) is 12.1 Å². The van der Waals surface area contributed by atoms with E-state index in [1.54, 1.807) is 0 Å². The number of nitrogens with one attached hydrogen (secondary N) is 1. The highest BCUT2D eigenvalue weighted by molar-refractivity contribution is 5.95. The lowest BCUT2D eigenvalue weighted by molar-refractivity contribution is 0.0928. The summed E-state index contributed by atoms with van der Waals surface area (Å²) in [4.78, 5) is 11.8. The van der Waals surface area contributed by atoms with Crippen molar-refractivity contribution in [3.05, 3.63) is 29.6 Å². The summed E-state index contributed by atoms with van der Waals surface area (Å²) in [6.45, 7) is 1.91. The number of nitrogens with two attached hydrogens (primary N) is 1. The van der Waals surface area contributed by atoms with Crippen molar-refractivity contribution in [1.29, 1.82) is 0 Å². The molecule has 94 valence electrons. The second kappa shape index (κ2) is 6.20. The number of nitrogen functional groups attached to an aromatic ring is 1. The number of hydrogen-bond donors (Lipinski definition) is 3. The van der Waals surface area contributed by atoms with Crippen LogP contribution in [-0.4, -0.2) is 23.7 Å². The van der Waals surface area contributed by atoms with Gasteiger partial charge in [0.05, 0.1) is 0 Å². The molecule has 0 bridgehead atoms. The molecule has 0 aliphatic heterocycles. The molecule has 1 aromatic rings. The third kappa shape index (κ3) is 4.03. The number of carbonyl (C=O) groups excluding carboxylic acids is 1. The van der Waals surface area contributed by atoms with Gasteiger partial charge in [0.2, 0.25) is 0 Å². The van der Waals surface area contributed by atoms with Crippen LogP contribution in [0, 0.1) is 5.82 Å². The zero-order valence-electron chi connectivity index (χ0n) is 9.74. The first-order valence-electron chi connectivity index (χ1n) is 5.54. The molecule has 0 fully saturated rings. The lowest BCUT2D eigenvalue weighted by Gasteiger charge is -2.15. The molecule has 17 heavy (non-hydrogen) atoms. The summed E-state index contributed by atoms with van der Waals surface area (Å²) in [7, 11) is 0. The number of anilines is 1. The summed E-state index contributed by atoms with van der Waals surface area (Å²) < 4.78 is 13.1. The van der Waals surface area contributed by atoms with E-state index in [9.17, 15) is 9.18 Å². The minimum Gasteiger partial charge on any atom is -0.399 e. The highest BCUT2D eigenvalue weighted by Crippen LogP contribution is 2.11. The molecule has 1 aromatic carbocycles. The van der Waals surface area contributed by atoms with E-state index in [1.165, 1.54) is 6.07 Å². The van der Waals surface area contributed by atoms with Crippen molar-refractivity contribution >= 4 is 11.6 Å². The zero-order valence-corrected chi connectivity index (χ0v) is 9.74. The van der Waals surface area contributed by atoms with Gasteiger partial charge < -0.3 is 16.2 Å². The maximum absolute atomic E-state index is 13.1. The van der Waals surface area contributed by atoms with Gasteiger partial charge >= 0.3 is 0 Å². The van der Waals surface area contributed by atoms with Crippen LogP contribution in [0.25, 0.3) is 0 Å². The zero-order chi connectivity index (χ0) is 12.8. The van der Waals surface area contributed by atoms with Crippen molar-refractivity contribution in [3.8, 4) is 0 Å². The van der Waals surface area contributed by atoms with Gasteiger partial charge in [-0.05, 0) is 31.0 Å². The molecule has 1 atom stereocenters. The maximum atomic E-state index is 13.1. The van der Waals surface area contributed by atoms with Gasteiger partial charge in [-0.1, -0.05) is 6.92 Å². The van der Waals surface area contributed by atoms with Gasteiger partial charge in [-0.2, -0.15) is 0 Å². The lowest BCUT2D eigenvalue weighted by Crippen LogP contribution is -2.35. The Hall–Kier alpha value is -1.62. The third-order valence-corrected chi connectivity index (χ3v) is 2.49. The normalized spacial score (nSPS) is 12.2. The van der Waals surface area contributed by atoms with E-state index in [2.05, 4.69) is 5.32 Å². The molecule has 5 heteroatoms. The lowest BCUT2D eigenvalue weighted by atomic mass is 10.1. The Morgan fingerprint density at radius 1 is 1.53 bits per heavy atom. The Labute approximate surface area is 99.6 Å². The Morgan fingerprint density at radius 2 is 2.24 bits per heavy atom. The minimum atomic E-state index is -0.537. The molecule has 0 aliphatic carbocycles. The van der Waals surface area contributed by atoms with Crippen LogP contribution in [0.1, 0.15) is 30.1 Å². The Morgan fingerprint density at radius 3 is 2.76 bits per heavy atom. The number of halogens is 1. The van der Waals surface area contributed by atoms with E-state index in [-0.39, 0.29) is 29.8 Å². The molecule has 0 saturated heterocycles. The SMILES string of the molecule is CCC(CCO)NC(=O)c1cc(N)cc(F)c1. The maximum Gasteiger partial charge on any atom is 0.251 e. The van der Waals surface area contributed by atoms with Crippen molar-refractivity contribution in [1.82, 2.24) is 5.32 Å². The van der Waals surface area contributed by atoms with Crippen LogP contribution in [0.2, 0.25) is 0 Å². The molecule has 0 aromatic heterocycles. The molecule has 1 rings (SSSR count). The predicted molar refractivity (Wildman–Crippen MR) is 64.1 cm³/mol. The average Bonchev–Trinajstić information content (AvgIpc) is 2.27. The van der Waals surface area contributed by atoms with Crippen molar-refractivity contribution in [2.45, 2.75) is 25.8 Å². The highest BCUT2D eigenvalue weighted by Gasteiger charge is 2.12. The fourth-order valence-electron chi connectivity index (χ4n) is 1.55. The topological polar surface area (TPSA) is 75.3 Å². The molecular weight excluding hydrogens is 223 g/mol. The minimum absolute atomic E-state index is 0.00404. The second-order valence-corrected chi connectivity index (χ2v) is 3.86. The van der Waals surface area contributed by atoms with Crippen LogP contribution in [-0.2, 0) is 0 Å². The van der Waals surface area contributed by atoms with Gasteiger partial charge in [-0.25, -0.2) is 4.39 Å². The standard InChI is InChI=1S/C12H17FN2O2/c1-2-11(3-4-16)15-12(17)8-5-9(13)7-10(14)6-8/h5-7,11,16H,2-4,14H2,1H3,(H,15,17). The van der Waals surface area contributed by atoms with Crippen LogP contribution >= 0.6 is 0 Å². The van der Waals surface area contributed by atoms with E-state index in [1.807, 2.05) is 6.92 Å². The van der Waals surface area contributed by atoms with E-state index < -0.39 is 5.82 Å². The summed E-state index contributed by atoms with van der Waals surface area (Å²) in [6.07, 6.45) is 1.18. The highest BCUT2D eigenvalue weighted by atomic mass is 19.1. The number of hydrogen-bond acceptors (Lipinski definition) is 3. The van der Waals surface area contributed by atoms with Gasteiger partial charge in [0, 0.05) is 23.9 Å². The van der Waals surface area contributed by atoms with Gasteiger partial charge in [0.25, 0.3) is 5.91 Å². The van der Waals surface area contributed by atoms with Crippen LogP contribution < -0.4 is 11.1 Å². The third-order valence-electron chi connectivity index (χ3n) is 2.49. The van der Waals surface area contributed by atoms with Crippen LogP contribution in [0.3, 0.4) is 0 Å². The van der Waals surface area contributed by atoms with Crippen molar-refractivity contribution < 1.29 is 14.3 Å². The first-order valence-corrected chi connectivity index (χ1v) is 5.54. The Bertz CT molecular complexity index is 376. The number of aliphatic hydroxyl groups is 1. The van der Waals surface area contributed by atoms with E-state index >= 15 is 0 Å². The number of benzene rings is 1. The molecule has 4 N–H and O–H groups in total. The second-order valence-electron chi connectivity index (χ2n) is 3.86. The molecule has 0 spiro atoms. The molecule has 0 aliphatic rings. The molecule has 4 nitrogen and oxygen atoms in total. The smallest absolute Gasteiger partial charge is 0.251 e. The molecular formula is C12H17FN2O2. The number of aliphatic hydroxyl groups excluding tert-OH is 1. The summed E-state index contributed by atoms with van der Waals surface area (Å²) in [6, 6.07) is 3.60. The summed E-state index contributed by atoms with van der Waals surface area (Å²) in [5, 5.41) is 11.5. The predicted octanol–water partition coefficient (Wildman–Crippen LogP) is 1.30. The Kier molecular flexibility index (Phi) is 4.90. The van der Waals surface area contributed by atoms with E-state index in [0.29, 0.717) is 12.8 Å². The molecule has 1 amide bonds. The van der Waals surface area contributed by atoms with Gasteiger partial charge in [-0.3, -0.25) is 4.79 Å². The van der Waals surface area contributed by atoms with Crippen molar-refractivity contribution in [3.63, 3.8) is 0 Å². The molecule has 0 radical (unpaired) electrons. The Balaban J connectivity index is 2.75. The van der Waals surface area contributed by atoms with Crippen LogP contribution in [0.4, 0.5) is 10.1 Å². The quantitative estimate of drug-likeness (QED) is 0.679. The van der Waals surface area contributed by atoms with Crippen LogP contribution in [0.5, 0.6) is 0 Å². The molecule has 0 heterocycles. The van der Waals surface area contributed by atoms with Crippen LogP contribution in [0.15, 0.2) is 18.2 Å². The van der Waals surface area contributed by atoms with Crippen molar-refractivity contribution in [2.75, 3.05) is 12.3 Å². The average molecular weight is 240 g/mol. The largest absolute Gasteiger partial charge is 0.399 e. The first-order chi connectivity index (χ1) is 8.06. The fourth-order valence-corrected chi connectivity index (χ4v) is 1.55. The molecule has 1 unspecified atom stereocenters. The van der Waals surface area contributed by atoms with Crippen molar-refractivity contribution in [2.24, 2.45) is 0 Å². The fraction of sp³-hybridized carbons (Fsp3) is 0.417. The van der Waals surface area contributed by atoms with Gasteiger partial charge in [0.1, 0.15) is 5.82 Å². The summed E-state index contributed by atoms with van der Waals surface area (Å²) in [5.74, 6) is -0.915. The van der Waals surface area contributed by atoms with Gasteiger partial charge in [-0.15, -0.1) is 0 Å². The molecule has 0 saturated carbocycles. The van der Waals surface area contributed by atoms with Gasteiger partial charge in [0.15, 0.2) is 0 Å². The van der Waals surface area contributed by atoms with E-state index in [4.69, 9.17) is 10.8 Å². The summed E-state index contributed by atoms with van der Waals surface area (Å²) in [5.41, 5.74) is 5.87. The number of carbonyl (C=O) groups is 1. The number of rotatable bonds is 5. The number of amides is 1. The first kappa shape index (κ1) is 13.4.